The average molecular weight is 532 g/mol. The maximum atomic E-state index is 12.7. The number of halogens is 6. The van der Waals surface area contributed by atoms with E-state index in [1.165, 1.54) is 24.3 Å². The van der Waals surface area contributed by atoms with Gasteiger partial charge in [-0.3, -0.25) is 9.97 Å². The number of aromatic nitrogens is 2. The SMILES string of the molecule is Cc1ccc2cc(F)ccc2n1.Cc1ccc2cc(F)ccc2n1.[Cl-].[Cl-].[Cl-].[Cl-].[H+].[H+].[Zn+2]. The Labute approximate surface area is 209 Å². The molecule has 0 atom stereocenters. The minimum absolute atomic E-state index is 0. The molecule has 0 aliphatic heterocycles. The van der Waals surface area contributed by atoms with Crippen LogP contribution in [0.25, 0.3) is 21.8 Å². The van der Waals surface area contributed by atoms with Crippen LogP contribution in [0.5, 0.6) is 0 Å². The standard InChI is InChI=1S/2C10H8FN.4ClH.Zn/c2*1-7-2-3-8-6-9(11)4-5-10(8)12-7;;;;;/h2*2-6H,1H3;4*1H;/q;;;;;;+2/p-2. The molecule has 0 unspecified atom stereocenters. The number of benzene rings is 2. The second-order valence-electron chi connectivity index (χ2n) is 5.58. The smallest absolute Gasteiger partial charge is 1.00 e. The van der Waals surface area contributed by atoms with Crippen LogP contribution in [-0.4, -0.2) is 9.97 Å². The van der Waals surface area contributed by atoms with Crippen molar-refractivity contribution in [2.45, 2.75) is 13.8 Å². The number of nitrogens with zero attached hydrogens (tertiary/aromatic N) is 2. The van der Waals surface area contributed by atoms with Crippen molar-refractivity contribution in [3.05, 3.63) is 83.7 Å². The Morgan fingerprint density at radius 1 is 0.586 bits per heavy atom. The van der Waals surface area contributed by atoms with Gasteiger partial charge in [-0.1, -0.05) is 12.1 Å². The molecule has 0 radical (unpaired) electrons. The molecule has 4 aromatic rings. The largest absolute Gasteiger partial charge is 2.00 e. The van der Waals surface area contributed by atoms with Crippen LogP contribution in [0.2, 0.25) is 0 Å². The van der Waals surface area contributed by atoms with Crippen molar-refractivity contribution in [2.75, 3.05) is 0 Å². The topological polar surface area (TPSA) is 25.8 Å². The molecule has 0 spiro atoms. The fraction of sp³-hybridized carbons (Fsp3) is 0.100. The first-order chi connectivity index (χ1) is 11.5. The Bertz CT molecular complexity index is 881. The van der Waals surface area contributed by atoms with Crippen LogP contribution in [0.3, 0.4) is 0 Å². The van der Waals surface area contributed by atoms with Crippen molar-refractivity contribution in [3.63, 3.8) is 0 Å². The normalized spacial score (nSPS) is 8.69. The zero-order valence-electron chi connectivity index (χ0n) is 17.6. The van der Waals surface area contributed by atoms with Gasteiger partial charge in [-0.15, -0.1) is 0 Å². The van der Waals surface area contributed by atoms with E-state index in [2.05, 4.69) is 9.97 Å². The van der Waals surface area contributed by atoms with E-state index in [0.717, 1.165) is 33.2 Å². The van der Waals surface area contributed by atoms with Gasteiger partial charge in [0.2, 0.25) is 0 Å². The summed E-state index contributed by atoms with van der Waals surface area (Å²) in [5, 5.41) is 1.70. The Kier molecular flexibility index (Phi) is 16.6. The van der Waals surface area contributed by atoms with Gasteiger partial charge in [0.1, 0.15) is 11.6 Å². The predicted molar refractivity (Wildman–Crippen MR) is 95.1 cm³/mol. The van der Waals surface area contributed by atoms with Crippen molar-refractivity contribution < 1.29 is 80.7 Å². The molecular formula is C20H18Cl4F2N2Zn. The molecule has 0 aliphatic carbocycles. The van der Waals surface area contributed by atoms with Crippen molar-refractivity contribution in [1.29, 1.82) is 0 Å². The number of aryl methyl sites for hydroxylation is 2. The van der Waals surface area contributed by atoms with E-state index >= 15 is 0 Å². The molecule has 0 amide bonds. The van der Waals surface area contributed by atoms with Gasteiger partial charge in [0.05, 0.1) is 11.0 Å². The van der Waals surface area contributed by atoms with Crippen molar-refractivity contribution >= 4 is 21.8 Å². The quantitative estimate of drug-likeness (QED) is 0.211. The van der Waals surface area contributed by atoms with Gasteiger partial charge in [0.25, 0.3) is 0 Å². The Hall–Kier alpha value is -1.10. The van der Waals surface area contributed by atoms with Crippen LogP contribution in [0, 0.1) is 25.5 Å². The summed E-state index contributed by atoms with van der Waals surface area (Å²) < 4.78 is 25.4. The summed E-state index contributed by atoms with van der Waals surface area (Å²) in [6, 6.07) is 16.7. The number of hydrogen-bond donors (Lipinski definition) is 0. The van der Waals surface area contributed by atoms with Crippen LogP contribution in [0.4, 0.5) is 8.78 Å². The third kappa shape index (κ3) is 9.06. The summed E-state index contributed by atoms with van der Waals surface area (Å²) in [7, 11) is 0. The maximum Gasteiger partial charge on any atom is 2.00 e. The molecule has 2 aromatic carbocycles. The summed E-state index contributed by atoms with van der Waals surface area (Å²) in [5.41, 5.74) is 3.59. The summed E-state index contributed by atoms with van der Waals surface area (Å²) in [6.45, 7) is 3.84. The van der Waals surface area contributed by atoms with Crippen molar-refractivity contribution in [2.24, 2.45) is 0 Å². The number of fused-ring (bicyclic) bond motifs is 2. The molecule has 2 aromatic heterocycles. The minimum atomic E-state index is -0.215. The van der Waals surface area contributed by atoms with E-state index in [0.29, 0.717) is 0 Å². The minimum Gasteiger partial charge on any atom is -1.00 e. The van der Waals surface area contributed by atoms with E-state index in [1.807, 2.05) is 38.1 Å². The zero-order valence-corrected chi connectivity index (χ0v) is 21.6. The molecule has 2 nitrogen and oxygen atoms in total. The molecule has 0 fully saturated rings. The van der Waals surface area contributed by atoms with Crippen LogP contribution in [0.1, 0.15) is 14.2 Å². The van der Waals surface area contributed by atoms with Gasteiger partial charge < -0.3 is 49.6 Å². The molecule has 0 aliphatic rings. The Morgan fingerprint density at radius 3 is 1.28 bits per heavy atom. The van der Waals surface area contributed by atoms with Gasteiger partial charge in [0, 0.05) is 22.2 Å². The van der Waals surface area contributed by atoms with Gasteiger partial charge in [-0.25, -0.2) is 8.78 Å². The average Bonchev–Trinajstić information content (AvgIpc) is 2.56. The van der Waals surface area contributed by atoms with E-state index in [9.17, 15) is 8.78 Å². The molecule has 29 heavy (non-hydrogen) atoms. The molecule has 9 heteroatoms. The van der Waals surface area contributed by atoms with Crippen LogP contribution < -0.4 is 49.6 Å². The van der Waals surface area contributed by atoms with Crippen LogP contribution in [-0.2, 0) is 19.5 Å². The van der Waals surface area contributed by atoms with Crippen LogP contribution in [0.15, 0.2) is 60.7 Å². The van der Waals surface area contributed by atoms with Gasteiger partial charge in [0.15, 0.2) is 0 Å². The Morgan fingerprint density at radius 2 is 0.931 bits per heavy atom. The third-order valence-corrected chi connectivity index (χ3v) is 3.58. The summed E-state index contributed by atoms with van der Waals surface area (Å²) in [4.78, 5) is 8.50. The second-order valence-corrected chi connectivity index (χ2v) is 5.58. The molecule has 4 rings (SSSR count). The first kappa shape index (κ1) is 32.6. The van der Waals surface area contributed by atoms with Crippen LogP contribution >= 0.6 is 0 Å². The summed E-state index contributed by atoms with van der Waals surface area (Å²) in [6.07, 6.45) is 0. The van der Waals surface area contributed by atoms with Crippen molar-refractivity contribution in [3.8, 4) is 0 Å². The molecule has 152 valence electrons. The van der Waals surface area contributed by atoms with Gasteiger partial charge >= 0.3 is 22.3 Å². The van der Waals surface area contributed by atoms with Gasteiger partial charge in [-0.05, 0) is 62.4 Å². The van der Waals surface area contributed by atoms with E-state index in [-0.39, 0.29) is 83.6 Å². The monoisotopic (exact) mass is 528 g/mol. The first-order valence-electron chi connectivity index (χ1n) is 7.57. The second kappa shape index (κ2) is 14.8. The zero-order chi connectivity index (χ0) is 17.1. The number of hydrogen-bond acceptors (Lipinski definition) is 2. The molecular weight excluding hydrogens is 513 g/mol. The molecule has 2 heterocycles. The fourth-order valence-corrected chi connectivity index (χ4v) is 2.40. The van der Waals surface area contributed by atoms with E-state index < -0.39 is 0 Å². The molecule has 0 saturated heterocycles. The molecule has 0 N–H and O–H groups in total. The summed E-state index contributed by atoms with van der Waals surface area (Å²) >= 11 is 0. The van der Waals surface area contributed by atoms with Crippen molar-refractivity contribution in [1.82, 2.24) is 9.97 Å². The summed E-state index contributed by atoms with van der Waals surface area (Å²) in [5.74, 6) is -0.429. The fourth-order valence-electron chi connectivity index (χ4n) is 2.40. The maximum absolute atomic E-state index is 12.7. The number of pyridine rings is 2. The first-order valence-corrected chi connectivity index (χ1v) is 7.57. The van der Waals surface area contributed by atoms with E-state index in [4.69, 9.17) is 0 Å². The Balaban J connectivity index is -0.000000119. The third-order valence-electron chi connectivity index (χ3n) is 3.58. The predicted octanol–water partition coefficient (Wildman–Crippen LogP) is -6.40. The molecule has 0 bridgehead atoms. The number of rotatable bonds is 0. The van der Waals surface area contributed by atoms with E-state index in [1.54, 1.807) is 12.1 Å². The molecule has 0 saturated carbocycles. The van der Waals surface area contributed by atoms with Gasteiger partial charge in [-0.2, -0.15) is 0 Å².